The lowest BCUT2D eigenvalue weighted by Crippen LogP contribution is -2.29. The Hall–Kier alpha value is -3.37. The normalized spacial score (nSPS) is 15.6. The Morgan fingerprint density at radius 1 is 0.900 bits per heavy atom. The summed E-state index contributed by atoms with van der Waals surface area (Å²) in [5.41, 5.74) is 4.24. The number of benzene rings is 3. The minimum absolute atomic E-state index is 0.0851. The summed E-state index contributed by atoms with van der Waals surface area (Å²) in [7, 11) is 0. The van der Waals surface area contributed by atoms with Gasteiger partial charge in [0.1, 0.15) is 5.58 Å². The molecule has 5 rings (SSSR count). The SMILES string of the molecule is Cc1ccc(N2C(=O)c3oc4ccc(Cl)cc4c(=O)c3C2c2ccccc2)cc1C. The van der Waals surface area contributed by atoms with Gasteiger partial charge in [0, 0.05) is 10.7 Å². The fourth-order valence-corrected chi connectivity index (χ4v) is 4.21. The Kier molecular flexibility index (Phi) is 4.26. The fourth-order valence-electron chi connectivity index (χ4n) is 4.04. The van der Waals surface area contributed by atoms with E-state index in [0.717, 1.165) is 22.4 Å². The lowest BCUT2D eigenvalue weighted by Gasteiger charge is -2.25. The van der Waals surface area contributed by atoms with Gasteiger partial charge in [-0.05, 0) is 60.9 Å². The molecule has 4 aromatic rings. The van der Waals surface area contributed by atoms with Crippen molar-refractivity contribution in [2.75, 3.05) is 4.90 Å². The molecule has 0 N–H and O–H groups in total. The molecule has 148 valence electrons. The van der Waals surface area contributed by atoms with Gasteiger partial charge in [-0.1, -0.05) is 48.0 Å². The molecule has 1 aromatic heterocycles. The van der Waals surface area contributed by atoms with Crippen LogP contribution in [0.4, 0.5) is 5.69 Å². The molecule has 1 aliphatic heterocycles. The van der Waals surface area contributed by atoms with Crippen LogP contribution in [0.2, 0.25) is 5.02 Å². The number of halogens is 1. The maximum absolute atomic E-state index is 13.5. The van der Waals surface area contributed by atoms with Crippen LogP contribution in [-0.4, -0.2) is 5.91 Å². The zero-order valence-electron chi connectivity index (χ0n) is 16.5. The van der Waals surface area contributed by atoms with Crippen molar-refractivity contribution >= 4 is 34.2 Å². The number of hydrogen-bond donors (Lipinski definition) is 0. The minimum atomic E-state index is -0.574. The number of hydrogen-bond acceptors (Lipinski definition) is 3. The number of rotatable bonds is 2. The van der Waals surface area contributed by atoms with Gasteiger partial charge in [-0.25, -0.2) is 0 Å². The van der Waals surface area contributed by atoms with Crippen molar-refractivity contribution in [2.45, 2.75) is 19.9 Å². The maximum atomic E-state index is 13.5. The topological polar surface area (TPSA) is 50.5 Å². The van der Waals surface area contributed by atoms with Crippen molar-refractivity contribution in [2.24, 2.45) is 0 Å². The van der Waals surface area contributed by atoms with Crippen molar-refractivity contribution in [3.05, 3.63) is 110 Å². The van der Waals surface area contributed by atoms with Crippen molar-refractivity contribution < 1.29 is 9.21 Å². The Balaban J connectivity index is 1.82. The summed E-state index contributed by atoms with van der Waals surface area (Å²) in [6, 6.07) is 19.7. The van der Waals surface area contributed by atoms with Crippen LogP contribution in [0.15, 0.2) is 75.9 Å². The Labute approximate surface area is 178 Å². The van der Waals surface area contributed by atoms with E-state index in [4.69, 9.17) is 16.0 Å². The van der Waals surface area contributed by atoms with Crippen molar-refractivity contribution in [3.63, 3.8) is 0 Å². The average molecular weight is 416 g/mol. The van der Waals surface area contributed by atoms with E-state index in [1.165, 1.54) is 0 Å². The second-order valence-corrected chi connectivity index (χ2v) is 8.01. The summed E-state index contributed by atoms with van der Waals surface area (Å²) in [6.45, 7) is 4.03. The number of fused-ring (bicyclic) bond motifs is 2. The van der Waals surface area contributed by atoms with E-state index in [0.29, 0.717) is 21.6 Å². The first-order chi connectivity index (χ1) is 14.5. The first-order valence-corrected chi connectivity index (χ1v) is 10.1. The predicted octanol–water partition coefficient (Wildman–Crippen LogP) is 5.81. The zero-order valence-corrected chi connectivity index (χ0v) is 17.2. The first kappa shape index (κ1) is 18.6. The Morgan fingerprint density at radius 2 is 1.67 bits per heavy atom. The van der Waals surface area contributed by atoms with Crippen molar-refractivity contribution in [3.8, 4) is 0 Å². The van der Waals surface area contributed by atoms with E-state index in [9.17, 15) is 9.59 Å². The number of amides is 1. The van der Waals surface area contributed by atoms with Gasteiger partial charge >= 0.3 is 0 Å². The second-order valence-electron chi connectivity index (χ2n) is 7.57. The van der Waals surface area contributed by atoms with Gasteiger partial charge in [0.15, 0.2) is 5.43 Å². The second kappa shape index (κ2) is 6.85. The fraction of sp³-hybridized carbons (Fsp3) is 0.120. The highest BCUT2D eigenvalue weighted by Crippen LogP contribution is 2.41. The standard InChI is InChI=1S/C25H18ClNO3/c1-14-8-10-18(12-15(14)2)27-22(16-6-4-3-5-7-16)21-23(28)19-13-17(26)9-11-20(19)30-24(21)25(27)29/h3-13,22H,1-2H3. The summed E-state index contributed by atoms with van der Waals surface area (Å²) in [5.74, 6) is -0.238. The molecule has 0 spiro atoms. The lowest BCUT2D eigenvalue weighted by atomic mass is 9.98. The number of anilines is 1. The van der Waals surface area contributed by atoms with Gasteiger partial charge < -0.3 is 4.42 Å². The highest BCUT2D eigenvalue weighted by molar-refractivity contribution is 6.31. The highest BCUT2D eigenvalue weighted by atomic mass is 35.5. The monoisotopic (exact) mass is 415 g/mol. The Morgan fingerprint density at radius 3 is 2.40 bits per heavy atom. The number of nitrogens with zero attached hydrogens (tertiary/aromatic N) is 1. The minimum Gasteiger partial charge on any atom is -0.450 e. The van der Waals surface area contributed by atoms with Crippen LogP contribution in [0.3, 0.4) is 0 Å². The summed E-state index contributed by atoms with van der Waals surface area (Å²) in [5, 5.41) is 0.818. The molecule has 2 heterocycles. The number of carbonyl (C=O) groups is 1. The molecule has 0 saturated carbocycles. The summed E-state index contributed by atoms with van der Waals surface area (Å²) in [4.78, 5) is 28.7. The van der Waals surface area contributed by atoms with Crippen LogP contribution in [0.1, 0.15) is 38.9 Å². The van der Waals surface area contributed by atoms with Crippen molar-refractivity contribution in [1.82, 2.24) is 0 Å². The molecule has 30 heavy (non-hydrogen) atoms. The molecule has 0 radical (unpaired) electrons. The third-order valence-electron chi connectivity index (χ3n) is 5.72. The van der Waals surface area contributed by atoms with E-state index in [2.05, 4.69) is 0 Å². The molecule has 1 amide bonds. The van der Waals surface area contributed by atoms with E-state index in [1.807, 2.05) is 62.4 Å². The quantitative estimate of drug-likeness (QED) is 0.415. The average Bonchev–Trinajstić information content (AvgIpc) is 3.04. The third-order valence-corrected chi connectivity index (χ3v) is 5.95. The number of carbonyl (C=O) groups excluding carboxylic acids is 1. The van der Waals surface area contributed by atoms with Gasteiger partial charge in [0.25, 0.3) is 5.91 Å². The molecule has 0 fully saturated rings. The van der Waals surface area contributed by atoms with Crippen molar-refractivity contribution in [1.29, 1.82) is 0 Å². The van der Waals surface area contributed by atoms with E-state index in [-0.39, 0.29) is 17.1 Å². The van der Waals surface area contributed by atoms with E-state index in [1.54, 1.807) is 23.1 Å². The molecule has 1 atom stereocenters. The summed E-state index contributed by atoms with van der Waals surface area (Å²) < 4.78 is 5.96. The van der Waals surface area contributed by atoms with E-state index < -0.39 is 6.04 Å². The summed E-state index contributed by atoms with van der Waals surface area (Å²) >= 11 is 6.12. The highest BCUT2D eigenvalue weighted by Gasteiger charge is 2.43. The lowest BCUT2D eigenvalue weighted by molar-refractivity contribution is 0.0971. The van der Waals surface area contributed by atoms with Gasteiger partial charge in [-0.2, -0.15) is 0 Å². The van der Waals surface area contributed by atoms with Crippen LogP contribution < -0.4 is 10.3 Å². The third kappa shape index (κ3) is 2.76. The largest absolute Gasteiger partial charge is 0.450 e. The molecule has 4 nitrogen and oxygen atoms in total. The van der Waals surface area contributed by atoms with Crippen LogP contribution in [0.25, 0.3) is 11.0 Å². The Bertz CT molecular complexity index is 1370. The molecule has 3 aromatic carbocycles. The smallest absolute Gasteiger partial charge is 0.295 e. The van der Waals surface area contributed by atoms with Crippen LogP contribution in [0, 0.1) is 13.8 Å². The maximum Gasteiger partial charge on any atom is 0.295 e. The molecular formula is C25H18ClNO3. The molecule has 5 heteroatoms. The van der Waals surface area contributed by atoms with Crippen LogP contribution in [-0.2, 0) is 0 Å². The molecule has 0 aliphatic carbocycles. The molecule has 0 saturated heterocycles. The molecule has 1 aliphatic rings. The van der Waals surface area contributed by atoms with E-state index >= 15 is 0 Å². The predicted molar refractivity (Wildman–Crippen MR) is 119 cm³/mol. The van der Waals surface area contributed by atoms with Gasteiger partial charge in [0.05, 0.1) is 17.0 Å². The molecule has 0 bridgehead atoms. The summed E-state index contributed by atoms with van der Waals surface area (Å²) in [6.07, 6.45) is 0. The van der Waals surface area contributed by atoms with Crippen LogP contribution >= 0.6 is 11.6 Å². The van der Waals surface area contributed by atoms with Gasteiger partial charge in [0.2, 0.25) is 5.76 Å². The van der Waals surface area contributed by atoms with Gasteiger partial charge in [-0.15, -0.1) is 0 Å². The zero-order chi connectivity index (χ0) is 21.0. The van der Waals surface area contributed by atoms with Gasteiger partial charge in [-0.3, -0.25) is 14.5 Å². The van der Waals surface area contributed by atoms with Crippen LogP contribution in [0.5, 0.6) is 0 Å². The number of aryl methyl sites for hydroxylation is 2. The molecule has 1 unspecified atom stereocenters. The first-order valence-electron chi connectivity index (χ1n) is 9.67. The molecular weight excluding hydrogens is 398 g/mol.